The average molecular weight is 390 g/mol. The quantitative estimate of drug-likeness (QED) is 0.646. The summed E-state index contributed by atoms with van der Waals surface area (Å²) in [6, 6.07) is 14.5. The number of amides is 1. The van der Waals surface area contributed by atoms with Crippen LogP contribution in [0.3, 0.4) is 0 Å². The van der Waals surface area contributed by atoms with Gasteiger partial charge in [-0.2, -0.15) is 0 Å². The van der Waals surface area contributed by atoms with Crippen molar-refractivity contribution in [1.29, 1.82) is 0 Å². The Kier molecular flexibility index (Phi) is 5.53. The molecule has 3 rings (SSSR count). The zero-order valence-electron chi connectivity index (χ0n) is 14.2. The first kappa shape index (κ1) is 18.3. The number of carbonyl (C=O) groups excluding carboxylic acids is 1. The number of thiazole rings is 1. The molecule has 0 aliphatic carbocycles. The van der Waals surface area contributed by atoms with Gasteiger partial charge in [0.25, 0.3) is 0 Å². The fourth-order valence-electron chi connectivity index (χ4n) is 2.49. The Bertz CT molecular complexity index is 979. The minimum Gasteiger partial charge on any atom is -0.326 e. The highest BCUT2D eigenvalue weighted by molar-refractivity contribution is 7.92. The maximum Gasteiger partial charge on any atom is 0.229 e. The van der Waals surface area contributed by atoms with Crippen LogP contribution in [0.15, 0.2) is 48.5 Å². The molecular formula is C18H19N3O3S2. The van der Waals surface area contributed by atoms with Crippen LogP contribution < -0.4 is 10.0 Å². The van der Waals surface area contributed by atoms with Crippen molar-refractivity contribution in [3.63, 3.8) is 0 Å². The number of carbonyl (C=O) groups is 1. The smallest absolute Gasteiger partial charge is 0.229 e. The number of benzene rings is 2. The Morgan fingerprint density at radius 2 is 1.77 bits per heavy atom. The van der Waals surface area contributed by atoms with E-state index in [2.05, 4.69) is 15.0 Å². The molecule has 3 aromatic rings. The zero-order chi connectivity index (χ0) is 18.6. The van der Waals surface area contributed by atoms with E-state index in [-0.39, 0.29) is 5.91 Å². The lowest BCUT2D eigenvalue weighted by atomic mass is 10.2. The third-order valence-electron chi connectivity index (χ3n) is 3.60. The normalized spacial score (nSPS) is 11.4. The molecule has 0 unspecified atom stereocenters. The Morgan fingerprint density at radius 3 is 2.46 bits per heavy atom. The van der Waals surface area contributed by atoms with Crippen LogP contribution in [-0.2, 0) is 21.2 Å². The average Bonchev–Trinajstić information content (AvgIpc) is 2.98. The molecule has 1 aromatic heterocycles. The highest BCUT2D eigenvalue weighted by Gasteiger charge is 2.07. The van der Waals surface area contributed by atoms with Crippen LogP contribution in [0.1, 0.15) is 17.8 Å². The number of sulfonamides is 1. The molecule has 0 saturated carbocycles. The van der Waals surface area contributed by atoms with Gasteiger partial charge in [0.2, 0.25) is 15.9 Å². The van der Waals surface area contributed by atoms with E-state index in [0.29, 0.717) is 17.8 Å². The second kappa shape index (κ2) is 7.84. The third-order valence-corrected chi connectivity index (χ3v) is 5.31. The summed E-state index contributed by atoms with van der Waals surface area (Å²) >= 11 is 1.66. The van der Waals surface area contributed by atoms with Crippen LogP contribution in [0, 0.1) is 0 Å². The van der Waals surface area contributed by atoms with Crippen LogP contribution in [0.2, 0.25) is 0 Å². The van der Waals surface area contributed by atoms with Gasteiger partial charge in [0.1, 0.15) is 0 Å². The van der Waals surface area contributed by atoms with Gasteiger partial charge in [-0.3, -0.25) is 9.52 Å². The van der Waals surface area contributed by atoms with Crippen LogP contribution in [0.4, 0.5) is 11.4 Å². The molecule has 0 aliphatic heterocycles. The summed E-state index contributed by atoms with van der Waals surface area (Å²) in [6.45, 7) is 0. The molecule has 0 spiro atoms. The second-order valence-electron chi connectivity index (χ2n) is 5.93. The molecule has 8 heteroatoms. The number of anilines is 2. The van der Waals surface area contributed by atoms with Crippen molar-refractivity contribution in [2.45, 2.75) is 19.3 Å². The molecule has 0 fully saturated rings. The van der Waals surface area contributed by atoms with E-state index >= 15 is 0 Å². The molecule has 6 nitrogen and oxygen atoms in total. The monoisotopic (exact) mass is 389 g/mol. The number of aromatic nitrogens is 1. The molecule has 0 atom stereocenters. The molecule has 1 heterocycles. The largest absolute Gasteiger partial charge is 0.326 e. The molecule has 0 radical (unpaired) electrons. The number of fused-ring (bicyclic) bond motifs is 1. The lowest BCUT2D eigenvalue weighted by Gasteiger charge is -2.07. The lowest BCUT2D eigenvalue weighted by Crippen LogP contribution is -2.12. The Morgan fingerprint density at radius 1 is 1.08 bits per heavy atom. The zero-order valence-corrected chi connectivity index (χ0v) is 15.9. The number of rotatable bonds is 7. The van der Waals surface area contributed by atoms with Gasteiger partial charge >= 0.3 is 0 Å². The fourth-order valence-corrected chi connectivity index (χ4v) is 4.06. The summed E-state index contributed by atoms with van der Waals surface area (Å²) in [5.41, 5.74) is 2.09. The van der Waals surface area contributed by atoms with E-state index < -0.39 is 10.0 Å². The van der Waals surface area contributed by atoms with Gasteiger partial charge in [0.05, 0.1) is 21.5 Å². The summed E-state index contributed by atoms with van der Waals surface area (Å²) < 4.78 is 25.9. The number of para-hydroxylation sites is 1. The van der Waals surface area contributed by atoms with Gasteiger partial charge in [0.15, 0.2) is 0 Å². The van der Waals surface area contributed by atoms with Crippen molar-refractivity contribution in [2.24, 2.45) is 0 Å². The van der Waals surface area contributed by atoms with E-state index in [1.165, 1.54) is 0 Å². The topological polar surface area (TPSA) is 88.2 Å². The molecule has 1 amide bonds. The summed E-state index contributed by atoms with van der Waals surface area (Å²) in [4.78, 5) is 16.6. The number of aryl methyl sites for hydroxylation is 1. The van der Waals surface area contributed by atoms with Crippen LogP contribution in [0.25, 0.3) is 10.2 Å². The Hall–Kier alpha value is -2.45. The number of hydrogen-bond acceptors (Lipinski definition) is 5. The SMILES string of the molecule is CS(=O)(=O)Nc1ccc(NC(=O)CCCc2nc3ccccc3s2)cc1. The maximum absolute atomic E-state index is 12.0. The van der Waals surface area contributed by atoms with E-state index in [0.717, 1.165) is 34.3 Å². The van der Waals surface area contributed by atoms with Gasteiger partial charge in [0, 0.05) is 17.8 Å². The molecule has 0 aliphatic rings. The number of nitrogens with zero attached hydrogens (tertiary/aromatic N) is 1. The third kappa shape index (κ3) is 5.27. The first-order valence-electron chi connectivity index (χ1n) is 8.11. The second-order valence-corrected chi connectivity index (χ2v) is 8.79. The van der Waals surface area contributed by atoms with Crippen LogP contribution in [-0.4, -0.2) is 25.6 Å². The van der Waals surface area contributed by atoms with E-state index in [1.807, 2.05) is 24.3 Å². The first-order valence-corrected chi connectivity index (χ1v) is 10.8. The molecule has 2 aromatic carbocycles. The molecular weight excluding hydrogens is 370 g/mol. The van der Waals surface area contributed by atoms with Crippen molar-refractivity contribution in [1.82, 2.24) is 4.98 Å². The number of hydrogen-bond donors (Lipinski definition) is 2. The van der Waals surface area contributed by atoms with Gasteiger partial charge in [-0.25, -0.2) is 13.4 Å². The molecule has 0 saturated heterocycles. The molecule has 26 heavy (non-hydrogen) atoms. The standard InChI is InChI=1S/C18H19N3O3S2/c1-26(23,24)21-14-11-9-13(10-12-14)19-17(22)7-4-8-18-20-15-5-2-3-6-16(15)25-18/h2-3,5-6,9-12,21H,4,7-8H2,1H3,(H,19,22). The van der Waals surface area contributed by atoms with Crippen molar-refractivity contribution < 1.29 is 13.2 Å². The fraction of sp³-hybridized carbons (Fsp3) is 0.222. The van der Waals surface area contributed by atoms with E-state index in [9.17, 15) is 13.2 Å². The van der Waals surface area contributed by atoms with Gasteiger partial charge in [-0.15, -0.1) is 11.3 Å². The summed E-state index contributed by atoms with van der Waals surface area (Å²) in [5.74, 6) is -0.0741. The Labute approximate surface area is 156 Å². The minimum atomic E-state index is -3.30. The van der Waals surface area contributed by atoms with Crippen LogP contribution >= 0.6 is 11.3 Å². The summed E-state index contributed by atoms with van der Waals surface area (Å²) in [5, 5.41) is 3.85. The maximum atomic E-state index is 12.0. The van der Waals surface area contributed by atoms with Crippen molar-refractivity contribution in [3.05, 3.63) is 53.5 Å². The molecule has 0 bridgehead atoms. The highest BCUT2D eigenvalue weighted by atomic mass is 32.2. The predicted octanol–water partition coefficient (Wildman–Crippen LogP) is 3.63. The van der Waals surface area contributed by atoms with E-state index in [1.54, 1.807) is 35.6 Å². The predicted molar refractivity (Wildman–Crippen MR) is 106 cm³/mol. The Balaban J connectivity index is 1.48. The summed E-state index contributed by atoms with van der Waals surface area (Å²) in [7, 11) is -3.30. The minimum absolute atomic E-state index is 0.0741. The number of nitrogens with one attached hydrogen (secondary N) is 2. The molecule has 2 N–H and O–H groups in total. The van der Waals surface area contributed by atoms with Gasteiger partial charge < -0.3 is 5.32 Å². The van der Waals surface area contributed by atoms with Crippen molar-refractivity contribution in [3.8, 4) is 0 Å². The van der Waals surface area contributed by atoms with Crippen molar-refractivity contribution >= 4 is 48.9 Å². The lowest BCUT2D eigenvalue weighted by molar-refractivity contribution is -0.116. The van der Waals surface area contributed by atoms with Crippen molar-refractivity contribution in [2.75, 3.05) is 16.3 Å². The molecule has 136 valence electrons. The van der Waals surface area contributed by atoms with Gasteiger partial charge in [-0.05, 0) is 49.2 Å². The summed E-state index contributed by atoms with van der Waals surface area (Å²) in [6.07, 6.45) is 2.98. The van der Waals surface area contributed by atoms with E-state index in [4.69, 9.17) is 0 Å². The highest BCUT2D eigenvalue weighted by Crippen LogP contribution is 2.23. The van der Waals surface area contributed by atoms with Crippen LogP contribution in [0.5, 0.6) is 0 Å². The first-order chi connectivity index (χ1) is 12.4. The van der Waals surface area contributed by atoms with Gasteiger partial charge in [-0.1, -0.05) is 12.1 Å².